The zero-order valence-corrected chi connectivity index (χ0v) is 11.1. The van der Waals surface area contributed by atoms with Crippen LogP contribution in [0.25, 0.3) is 6.08 Å². The molecule has 19 heavy (non-hydrogen) atoms. The Kier molecular flexibility index (Phi) is 4.69. The van der Waals surface area contributed by atoms with Crippen LogP contribution >= 0.6 is 0 Å². The van der Waals surface area contributed by atoms with Crippen LogP contribution in [-0.4, -0.2) is 22.8 Å². The van der Waals surface area contributed by atoms with E-state index in [1.807, 2.05) is 0 Å². The highest BCUT2D eigenvalue weighted by atomic mass is 16.6. The Hall–Kier alpha value is -2.30. The summed E-state index contributed by atoms with van der Waals surface area (Å²) in [5.41, 5.74) is 0.501. The molecule has 0 aliphatic carbocycles. The first kappa shape index (κ1) is 14.8. The van der Waals surface area contributed by atoms with Gasteiger partial charge in [0, 0.05) is 6.08 Å². The number of anilines is 1. The Morgan fingerprint density at radius 1 is 1.26 bits per heavy atom. The minimum Gasteiger partial charge on any atom is -0.478 e. The lowest BCUT2D eigenvalue weighted by Crippen LogP contribution is -2.27. The van der Waals surface area contributed by atoms with E-state index in [2.05, 4.69) is 5.32 Å². The largest absolute Gasteiger partial charge is 0.478 e. The van der Waals surface area contributed by atoms with Gasteiger partial charge in [0.25, 0.3) is 0 Å². The van der Waals surface area contributed by atoms with E-state index in [9.17, 15) is 9.59 Å². The minimum absolute atomic E-state index is 0.495. The van der Waals surface area contributed by atoms with Crippen molar-refractivity contribution in [1.29, 1.82) is 0 Å². The zero-order chi connectivity index (χ0) is 14.5. The summed E-state index contributed by atoms with van der Waals surface area (Å²) in [5, 5.41) is 11.2. The van der Waals surface area contributed by atoms with Crippen molar-refractivity contribution in [3.63, 3.8) is 0 Å². The van der Waals surface area contributed by atoms with Crippen LogP contribution < -0.4 is 5.32 Å². The van der Waals surface area contributed by atoms with E-state index < -0.39 is 17.7 Å². The molecule has 1 amide bonds. The lowest BCUT2D eigenvalue weighted by atomic mass is 10.1. The molecular weight excluding hydrogens is 246 g/mol. The maximum absolute atomic E-state index is 11.6. The molecule has 0 bridgehead atoms. The van der Waals surface area contributed by atoms with Gasteiger partial charge < -0.3 is 9.84 Å². The third-order valence-electron chi connectivity index (χ3n) is 2.00. The van der Waals surface area contributed by atoms with Gasteiger partial charge in [-0.3, -0.25) is 5.32 Å². The monoisotopic (exact) mass is 263 g/mol. The number of carboxylic acids is 1. The average molecular weight is 263 g/mol. The van der Waals surface area contributed by atoms with Gasteiger partial charge in [0.05, 0.1) is 5.69 Å². The fraction of sp³-hybridized carbons (Fsp3) is 0.286. The molecule has 0 heterocycles. The highest BCUT2D eigenvalue weighted by molar-refractivity contribution is 5.91. The standard InChI is InChI=1S/C14H17NO4/c1-14(2,3)19-13(18)15-11-7-5-4-6-10(11)8-9-12(16)17/h4-9H,1-3H3,(H,15,18)(H,16,17)/b9-8+. The Morgan fingerprint density at radius 3 is 2.47 bits per heavy atom. The van der Waals surface area contributed by atoms with Crippen LogP contribution in [0.15, 0.2) is 30.3 Å². The van der Waals surface area contributed by atoms with E-state index in [4.69, 9.17) is 9.84 Å². The third kappa shape index (κ3) is 5.72. The average Bonchev–Trinajstić information content (AvgIpc) is 2.25. The van der Waals surface area contributed by atoms with E-state index in [1.165, 1.54) is 6.08 Å². The SMILES string of the molecule is CC(C)(C)OC(=O)Nc1ccccc1/C=C/C(=O)O. The molecule has 1 aromatic rings. The summed E-state index contributed by atoms with van der Waals surface area (Å²) in [6, 6.07) is 6.87. The van der Waals surface area contributed by atoms with E-state index in [0.29, 0.717) is 11.3 Å². The van der Waals surface area contributed by atoms with Gasteiger partial charge in [-0.05, 0) is 38.5 Å². The summed E-state index contributed by atoms with van der Waals surface area (Å²) in [6.45, 7) is 5.30. The van der Waals surface area contributed by atoms with Crippen molar-refractivity contribution in [2.24, 2.45) is 0 Å². The fourth-order valence-corrected chi connectivity index (χ4v) is 1.33. The minimum atomic E-state index is -1.05. The molecule has 0 saturated heterocycles. The number of para-hydroxylation sites is 1. The molecule has 0 aliphatic heterocycles. The molecule has 5 nitrogen and oxygen atoms in total. The number of benzene rings is 1. The van der Waals surface area contributed by atoms with E-state index in [1.54, 1.807) is 45.0 Å². The molecule has 1 rings (SSSR count). The summed E-state index contributed by atoms with van der Waals surface area (Å²) in [5.74, 6) is -1.05. The molecule has 0 atom stereocenters. The lowest BCUT2D eigenvalue weighted by molar-refractivity contribution is -0.131. The summed E-state index contributed by atoms with van der Waals surface area (Å²) in [4.78, 5) is 22.1. The van der Waals surface area contributed by atoms with Gasteiger partial charge in [0.1, 0.15) is 5.60 Å². The van der Waals surface area contributed by atoms with Crippen LogP contribution in [0.5, 0.6) is 0 Å². The predicted molar refractivity (Wildman–Crippen MR) is 73.0 cm³/mol. The quantitative estimate of drug-likeness (QED) is 0.821. The lowest BCUT2D eigenvalue weighted by Gasteiger charge is -2.20. The molecule has 2 N–H and O–H groups in total. The Bertz CT molecular complexity index is 500. The maximum atomic E-state index is 11.6. The number of carbonyl (C=O) groups excluding carboxylic acids is 1. The second kappa shape index (κ2) is 6.04. The predicted octanol–water partition coefficient (Wildman–Crippen LogP) is 3.13. The van der Waals surface area contributed by atoms with Gasteiger partial charge >= 0.3 is 12.1 Å². The van der Waals surface area contributed by atoms with Crippen LogP contribution in [0.4, 0.5) is 10.5 Å². The van der Waals surface area contributed by atoms with Gasteiger partial charge in [-0.1, -0.05) is 18.2 Å². The van der Waals surface area contributed by atoms with Gasteiger partial charge in [-0.2, -0.15) is 0 Å². The van der Waals surface area contributed by atoms with Crippen LogP contribution in [0.3, 0.4) is 0 Å². The van der Waals surface area contributed by atoms with Crippen molar-refractivity contribution in [2.45, 2.75) is 26.4 Å². The summed E-state index contributed by atoms with van der Waals surface area (Å²) >= 11 is 0. The third-order valence-corrected chi connectivity index (χ3v) is 2.00. The first-order valence-corrected chi connectivity index (χ1v) is 5.78. The first-order chi connectivity index (χ1) is 8.78. The summed E-state index contributed by atoms with van der Waals surface area (Å²) in [6.07, 6.45) is 1.84. The molecule has 5 heteroatoms. The van der Waals surface area contributed by atoms with E-state index in [-0.39, 0.29) is 0 Å². The molecule has 0 aromatic heterocycles. The first-order valence-electron chi connectivity index (χ1n) is 5.78. The number of rotatable bonds is 3. The van der Waals surface area contributed by atoms with Crippen molar-refractivity contribution in [1.82, 2.24) is 0 Å². The molecule has 0 fully saturated rings. The van der Waals surface area contributed by atoms with E-state index in [0.717, 1.165) is 6.08 Å². The maximum Gasteiger partial charge on any atom is 0.412 e. The summed E-state index contributed by atoms with van der Waals surface area (Å²) < 4.78 is 5.13. The van der Waals surface area contributed by atoms with E-state index >= 15 is 0 Å². The van der Waals surface area contributed by atoms with Crippen LogP contribution in [0.1, 0.15) is 26.3 Å². The number of aliphatic carboxylic acids is 1. The molecule has 0 spiro atoms. The fourth-order valence-electron chi connectivity index (χ4n) is 1.33. The van der Waals surface area contributed by atoms with Gasteiger partial charge in [0.2, 0.25) is 0 Å². The number of carboxylic acid groups (broad SMARTS) is 1. The van der Waals surface area contributed by atoms with Gasteiger partial charge in [-0.15, -0.1) is 0 Å². The number of hydrogen-bond donors (Lipinski definition) is 2. The molecule has 102 valence electrons. The van der Waals surface area contributed by atoms with Crippen LogP contribution in [0, 0.1) is 0 Å². The normalized spacial score (nSPS) is 11.3. The van der Waals surface area contributed by atoms with Crippen molar-refractivity contribution in [3.8, 4) is 0 Å². The molecular formula is C14H17NO4. The number of amides is 1. The van der Waals surface area contributed by atoms with Crippen molar-refractivity contribution >= 4 is 23.8 Å². The van der Waals surface area contributed by atoms with Crippen LogP contribution in [0.2, 0.25) is 0 Å². The number of ether oxygens (including phenoxy) is 1. The highest BCUT2D eigenvalue weighted by Gasteiger charge is 2.16. The molecule has 0 saturated carbocycles. The smallest absolute Gasteiger partial charge is 0.412 e. The topological polar surface area (TPSA) is 75.6 Å². The molecule has 0 radical (unpaired) electrons. The molecule has 1 aromatic carbocycles. The van der Waals surface area contributed by atoms with Crippen molar-refractivity contribution in [2.75, 3.05) is 5.32 Å². The molecule has 0 unspecified atom stereocenters. The number of carbonyl (C=O) groups is 2. The Balaban J connectivity index is 2.84. The Labute approximate surface area is 111 Å². The highest BCUT2D eigenvalue weighted by Crippen LogP contribution is 2.18. The molecule has 0 aliphatic rings. The zero-order valence-electron chi connectivity index (χ0n) is 11.1. The van der Waals surface area contributed by atoms with Crippen molar-refractivity contribution < 1.29 is 19.4 Å². The summed E-state index contributed by atoms with van der Waals surface area (Å²) in [7, 11) is 0. The second-order valence-electron chi connectivity index (χ2n) is 4.89. The number of nitrogens with one attached hydrogen (secondary N) is 1. The Morgan fingerprint density at radius 2 is 1.89 bits per heavy atom. The van der Waals surface area contributed by atoms with Crippen LogP contribution in [-0.2, 0) is 9.53 Å². The second-order valence-corrected chi connectivity index (χ2v) is 4.89. The van der Waals surface area contributed by atoms with Gasteiger partial charge in [-0.25, -0.2) is 9.59 Å². The number of hydrogen-bond acceptors (Lipinski definition) is 3. The van der Waals surface area contributed by atoms with Gasteiger partial charge in [0.15, 0.2) is 0 Å². The van der Waals surface area contributed by atoms with Crippen molar-refractivity contribution in [3.05, 3.63) is 35.9 Å².